The molecule has 1 saturated heterocycles. The summed E-state index contributed by atoms with van der Waals surface area (Å²) in [5.41, 5.74) is 1.01. The maximum Gasteiger partial charge on any atom is 0.419 e. The van der Waals surface area contributed by atoms with Gasteiger partial charge in [-0.3, -0.25) is 14.2 Å². The van der Waals surface area contributed by atoms with Crippen LogP contribution in [0.5, 0.6) is 0 Å². The van der Waals surface area contributed by atoms with E-state index in [0.29, 0.717) is 35.8 Å². The van der Waals surface area contributed by atoms with Crippen molar-refractivity contribution in [3.05, 3.63) is 33.8 Å². The van der Waals surface area contributed by atoms with Gasteiger partial charge < -0.3 is 14.1 Å². The summed E-state index contributed by atoms with van der Waals surface area (Å²) in [4.78, 5) is 38.1. The molecular weight excluding hydrogens is 360 g/mol. The van der Waals surface area contributed by atoms with E-state index in [-0.39, 0.29) is 30.8 Å². The minimum absolute atomic E-state index is 0.0887. The lowest BCUT2D eigenvalue weighted by Gasteiger charge is -2.31. The van der Waals surface area contributed by atoms with Crippen molar-refractivity contribution in [3.8, 4) is 0 Å². The third-order valence-electron chi connectivity index (χ3n) is 4.57. The van der Waals surface area contributed by atoms with E-state index in [1.165, 1.54) is 4.57 Å². The molecule has 1 amide bonds. The summed E-state index contributed by atoms with van der Waals surface area (Å²) < 4.78 is 11.7. The third kappa shape index (κ3) is 3.93. The Balaban J connectivity index is 1.65. The largest absolute Gasteiger partial charge is 0.466 e. The number of carbonyl (C=O) groups is 2. The molecule has 0 N–H and O–H groups in total. The zero-order chi connectivity index (χ0) is 18.7. The van der Waals surface area contributed by atoms with Crippen LogP contribution >= 0.6 is 11.6 Å². The fourth-order valence-corrected chi connectivity index (χ4v) is 3.44. The highest BCUT2D eigenvalue weighted by Crippen LogP contribution is 2.20. The first kappa shape index (κ1) is 18.5. The first-order chi connectivity index (χ1) is 12.5. The van der Waals surface area contributed by atoms with Crippen LogP contribution < -0.4 is 5.76 Å². The number of aromatic nitrogens is 1. The Morgan fingerprint density at radius 2 is 2.19 bits per heavy atom. The van der Waals surface area contributed by atoms with E-state index in [4.69, 9.17) is 20.8 Å². The molecule has 1 aliphatic rings. The van der Waals surface area contributed by atoms with Gasteiger partial charge in [-0.2, -0.15) is 0 Å². The Labute approximate surface area is 155 Å². The van der Waals surface area contributed by atoms with Gasteiger partial charge in [0.2, 0.25) is 5.91 Å². The van der Waals surface area contributed by atoms with Gasteiger partial charge in [0.05, 0.1) is 18.0 Å². The number of fused-ring (bicyclic) bond motifs is 1. The monoisotopic (exact) mass is 380 g/mol. The zero-order valence-corrected chi connectivity index (χ0v) is 15.3. The first-order valence-corrected chi connectivity index (χ1v) is 9.10. The number of amides is 1. The molecule has 1 aromatic heterocycles. The van der Waals surface area contributed by atoms with Gasteiger partial charge in [-0.05, 0) is 31.9 Å². The topological polar surface area (TPSA) is 81.8 Å². The first-order valence-electron chi connectivity index (χ1n) is 8.73. The molecule has 26 heavy (non-hydrogen) atoms. The number of halogens is 1. The van der Waals surface area contributed by atoms with Gasteiger partial charge in [-0.1, -0.05) is 11.6 Å². The highest BCUT2D eigenvalue weighted by atomic mass is 35.5. The van der Waals surface area contributed by atoms with Gasteiger partial charge in [0, 0.05) is 37.1 Å². The molecule has 0 bridgehead atoms. The van der Waals surface area contributed by atoms with Crippen LogP contribution in [0.2, 0.25) is 5.02 Å². The normalized spacial score (nSPS) is 17.5. The van der Waals surface area contributed by atoms with E-state index in [1.54, 1.807) is 30.0 Å². The maximum atomic E-state index is 12.5. The summed E-state index contributed by atoms with van der Waals surface area (Å²) >= 11 is 5.90. The molecule has 8 heteroatoms. The molecule has 1 fully saturated rings. The molecule has 1 unspecified atom stereocenters. The molecule has 1 atom stereocenters. The number of piperidine rings is 1. The van der Waals surface area contributed by atoms with Crippen LogP contribution in [-0.2, 0) is 20.9 Å². The second-order valence-electron chi connectivity index (χ2n) is 6.31. The van der Waals surface area contributed by atoms with Crippen LogP contribution in [0.4, 0.5) is 0 Å². The minimum Gasteiger partial charge on any atom is -0.466 e. The minimum atomic E-state index is -0.516. The second kappa shape index (κ2) is 7.95. The predicted molar refractivity (Wildman–Crippen MR) is 96.0 cm³/mol. The van der Waals surface area contributed by atoms with Crippen molar-refractivity contribution in [2.75, 3.05) is 19.7 Å². The molecule has 3 rings (SSSR count). The van der Waals surface area contributed by atoms with Crippen molar-refractivity contribution in [2.24, 2.45) is 5.92 Å². The summed E-state index contributed by atoms with van der Waals surface area (Å²) in [6.45, 7) is 3.31. The predicted octanol–water partition coefficient (Wildman–Crippen LogP) is 2.44. The summed E-state index contributed by atoms with van der Waals surface area (Å²) in [6, 6.07) is 4.95. The van der Waals surface area contributed by atoms with Crippen molar-refractivity contribution >= 4 is 34.6 Å². The number of hydrogen-bond acceptors (Lipinski definition) is 5. The molecule has 0 saturated carbocycles. The van der Waals surface area contributed by atoms with Crippen molar-refractivity contribution in [1.82, 2.24) is 9.47 Å². The Hall–Kier alpha value is -2.28. The fourth-order valence-electron chi connectivity index (χ4n) is 3.27. The summed E-state index contributed by atoms with van der Waals surface area (Å²) in [5.74, 6) is -1.13. The van der Waals surface area contributed by atoms with E-state index < -0.39 is 5.76 Å². The van der Waals surface area contributed by atoms with E-state index >= 15 is 0 Å². The average molecular weight is 381 g/mol. The molecule has 1 aromatic carbocycles. The number of benzene rings is 1. The van der Waals surface area contributed by atoms with E-state index in [0.717, 1.165) is 12.8 Å². The number of carbonyl (C=O) groups excluding carboxylic acids is 2. The number of ether oxygens (including phenoxy) is 1. The van der Waals surface area contributed by atoms with Gasteiger partial charge in [-0.15, -0.1) is 0 Å². The molecule has 7 nitrogen and oxygen atoms in total. The molecular formula is C18H21ClN2O5. The zero-order valence-electron chi connectivity index (χ0n) is 14.6. The average Bonchev–Trinajstić information content (AvgIpc) is 2.94. The Morgan fingerprint density at radius 3 is 2.96 bits per heavy atom. The van der Waals surface area contributed by atoms with Crippen LogP contribution in [-0.4, -0.2) is 41.0 Å². The lowest BCUT2D eigenvalue weighted by molar-refractivity contribution is -0.151. The Morgan fingerprint density at radius 1 is 1.38 bits per heavy atom. The van der Waals surface area contributed by atoms with E-state index in [2.05, 4.69) is 0 Å². The number of hydrogen-bond donors (Lipinski definition) is 0. The number of esters is 1. The smallest absolute Gasteiger partial charge is 0.419 e. The van der Waals surface area contributed by atoms with Crippen molar-refractivity contribution < 1.29 is 18.7 Å². The summed E-state index contributed by atoms with van der Waals surface area (Å²) in [5, 5.41) is 0.479. The molecule has 0 radical (unpaired) electrons. The van der Waals surface area contributed by atoms with Crippen molar-refractivity contribution in [3.63, 3.8) is 0 Å². The fraction of sp³-hybridized carbons (Fsp3) is 0.500. The van der Waals surface area contributed by atoms with Crippen molar-refractivity contribution in [2.45, 2.75) is 32.7 Å². The van der Waals surface area contributed by atoms with Gasteiger partial charge in [0.25, 0.3) is 0 Å². The lowest BCUT2D eigenvalue weighted by Crippen LogP contribution is -2.43. The van der Waals surface area contributed by atoms with Crippen LogP contribution in [0.1, 0.15) is 26.2 Å². The highest BCUT2D eigenvalue weighted by Gasteiger charge is 2.29. The van der Waals surface area contributed by atoms with Crippen LogP contribution in [0.3, 0.4) is 0 Å². The summed E-state index contributed by atoms with van der Waals surface area (Å²) in [6.07, 6.45) is 1.66. The molecule has 0 spiro atoms. The van der Waals surface area contributed by atoms with Gasteiger partial charge in [0.1, 0.15) is 0 Å². The molecule has 2 aromatic rings. The van der Waals surface area contributed by atoms with Crippen molar-refractivity contribution in [1.29, 1.82) is 0 Å². The molecule has 1 aliphatic heterocycles. The van der Waals surface area contributed by atoms with Gasteiger partial charge in [-0.25, -0.2) is 4.79 Å². The number of nitrogens with zero attached hydrogens (tertiary/aromatic N) is 2. The third-order valence-corrected chi connectivity index (χ3v) is 4.81. The maximum absolute atomic E-state index is 12.5. The Kier molecular flexibility index (Phi) is 5.66. The van der Waals surface area contributed by atoms with Gasteiger partial charge in [0.15, 0.2) is 5.58 Å². The number of likely N-dealkylation sites (tertiary alicyclic amines) is 1. The van der Waals surface area contributed by atoms with E-state index in [1.807, 2.05) is 0 Å². The lowest BCUT2D eigenvalue weighted by atomic mass is 9.98. The summed E-state index contributed by atoms with van der Waals surface area (Å²) in [7, 11) is 0. The number of aryl methyl sites for hydroxylation is 1. The molecule has 0 aliphatic carbocycles. The Bertz CT molecular complexity index is 872. The van der Waals surface area contributed by atoms with E-state index in [9.17, 15) is 14.4 Å². The van der Waals surface area contributed by atoms with Crippen LogP contribution in [0.15, 0.2) is 27.4 Å². The van der Waals surface area contributed by atoms with Crippen LogP contribution in [0.25, 0.3) is 11.1 Å². The van der Waals surface area contributed by atoms with Gasteiger partial charge >= 0.3 is 11.7 Å². The highest BCUT2D eigenvalue weighted by molar-refractivity contribution is 6.31. The molecule has 2 heterocycles. The standard InChI is InChI=1S/C18H21ClN2O5/c1-2-25-17(23)12-4-3-8-20(11-12)16(22)7-9-21-14-6-5-13(19)10-15(14)26-18(21)24/h5-6,10,12H,2-4,7-9,11H2,1H3. The second-order valence-corrected chi connectivity index (χ2v) is 6.75. The quantitative estimate of drug-likeness (QED) is 0.744. The number of oxazole rings is 1. The SMILES string of the molecule is CCOC(=O)C1CCCN(C(=O)CCn2c(=O)oc3cc(Cl)ccc32)C1. The number of rotatable bonds is 5. The molecule has 140 valence electrons. The van der Waals surface area contributed by atoms with Crippen LogP contribution in [0, 0.1) is 5.92 Å².